The Labute approximate surface area is 146 Å². The van der Waals surface area contributed by atoms with E-state index in [0.717, 1.165) is 39.0 Å². The quantitative estimate of drug-likeness (QED) is 0.525. The van der Waals surface area contributed by atoms with Crippen LogP contribution in [0, 0.1) is 17.3 Å². The van der Waals surface area contributed by atoms with E-state index >= 15 is 0 Å². The fraction of sp³-hybridized carbons (Fsp3) is 0.789. The number of hydrogen-bond acceptors (Lipinski definition) is 3. The molecule has 0 aromatic heterocycles. The molecule has 2 aliphatic rings. The molecule has 2 rings (SSSR count). The van der Waals surface area contributed by atoms with Crippen molar-refractivity contribution >= 4 is 11.8 Å². The first-order chi connectivity index (χ1) is 11.4. The maximum Gasteiger partial charge on any atom is 0.223 e. The van der Waals surface area contributed by atoms with Gasteiger partial charge in [-0.2, -0.15) is 0 Å². The molecule has 0 bridgehead atoms. The Morgan fingerprint density at radius 2 is 1.75 bits per heavy atom. The summed E-state index contributed by atoms with van der Waals surface area (Å²) in [5.74, 6) is 6.03. The van der Waals surface area contributed by atoms with Gasteiger partial charge in [0.05, 0.1) is 6.54 Å². The molecular weight excluding hydrogens is 302 g/mol. The van der Waals surface area contributed by atoms with Gasteiger partial charge in [-0.15, -0.1) is 5.92 Å². The zero-order valence-corrected chi connectivity index (χ0v) is 15.6. The number of amides is 2. The minimum atomic E-state index is 0.108. The Morgan fingerprint density at radius 3 is 2.33 bits per heavy atom. The van der Waals surface area contributed by atoms with Gasteiger partial charge in [-0.25, -0.2) is 0 Å². The molecule has 0 unspecified atom stereocenters. The van der Waals surface area contributed by atoms with Crippen molar-refractivity contribution in [3.05, 3.63) is 0 Å². The normalized spacial score (nSPS) is 18.6. The first kappa shape index (κ1) is 18.8. The van der Waals surface area contributed by atoms with Gasteiger partial charge in [-0.1, -0.05) is 5.92 Å². The second-order valence-corrected chi connectivity index (χ2v) is 7.63. The fourth-order valence-electron chi connectivity index (χ4n) is 3.51. The predicted molar refractivity (Wildman–Crippen MR) is 95.3 cm³/mol. The summed E-state index contributed by atoms with van der Waals surface area (Å²) >= 11 is 0. The summed E-state index contributed by atoms with van der Waals surface area (Å²) in [7, 11) is 1.77. The molecule has 0 saturated carbocycles. The van der Waals surface area contributed by atoms with Crippen molar-refractivity contribution in [1.82, 2.24) is 14.7 Å². The highest BCUT2D eigenvalue weighted by atomic mass is 16.2. The number of unbranched alkanes of at least 4 members (excludes halogenated alkanes) is 1. The average molecular weight is 333 g/mol. The molecule has 1 spiro atoms. The van der Waals surface area contributed by atoms with Crippen molar-refractivity contribution in [3.63, 3.8) is 0 Å². The van der Waals surface area contributed by atoms with Gasteiger partial charge in [0.15, 0.2) is 0 Å². The zero-order valence-electron chi connectivity index (χ0n) is 15.6. The Balaban J connectivity index is 1.55. The van der Waals surface area contributed by atoms with E-state index in [1.807, 2.05) is 4.90 Å². The van der Waals surface area contributed by atoms with Crippen molar-refractivity contribution in [1.29, 1.82) is 0 Å². The number of carbonyl (C=O) groups excluding carboxylic acids is 2. The molecule has 2 saturated heterocycles. The van der Waals surface area contributed by atoms with E-state index in [9.17, 15) is 9.59 Å². The first-order valence-corrected chi connectivity index (χ1v) is 9.02. The SMILES string of the molecule is CC#CCN(C)C(=O)CCCCC(=O)N1CC2(C1)CN(C(C)C)C2. The van der Waals surface area contributed by atoms with Crippen LogP contribution in [0.2, 0.25) is 0 Å². The molecule has 0 aliphatic carbocycles. The molecule has 5 heteroatoms. The van der Waals surface area contributed by atoms with E-state index < -0.39 is 0 Å². The molecule has 0 aromatic carbocycles. The lowest BCUT2D eigenvalue weighted by molar-refractivity contribution is -0.162. The van der Waals surface area contributed by atoms with E-state index in [4.69, 9.17) is 0 Å². The molecule has 2 aliphatic heterocycles. The lowest BCUT2D eigenvalue weighted by atomic mass is 9.72. The fourth-order valence-corrected chi connectivity index (χ4v) is 3.51. The number of hydrogen-bond donors (Lipinski definition) is 0. The highest BCUT2D eigenvalue weighted by Gasteiger charge is 2.53. The van der Waals surface area contributed by atoms with E-state index in [-0.39, 0.29) is 11.8 Å². The Hall–Kier alpha value is -1.54. The zero-order chi connectivity index (χ0) is 17.7. The monoisotopic (exact) mass is 333 g/mol. The van der Waals surface area contributed by atoms with Gasteiger partial charge in [0.1, 0.15) is 0 Å². The predicted octanol–water partition coefficient (Wildman–Crippen LogP) is 1.58. The Kier molecular flexibility index (Phi) is 6.28. The maximum absolute atomic E-state index is 12.2. The standard InChI is InChI=1S/C19H31N3O2/c1-5-6-11-20(4)17(23)9-7-8-10-18(24)22-14-19(15-22)12-21(13-19)16(2)3/h16H,7-15H2,1-4H3. The van der Waals surface area contributed by atoms with Gasteiger partial charge in [-0.3, -0.25) is 14.5 Å². The largest absolute Gasteiger partial charge is 0.341 e. The van der Waals surface area contributed by atoms with Crippen molar-refractivity contribution in [2.45, 2.75) is 52.5 Å². The molecule has 0 radical (unpaired) electrons. The second-order valence-electron chi connectivity index (χ2n) is 7.63. The van der Waals surface area contributed by atoms with E-state index in [1.165, 1.54) is 0 Å². The van der Waals surface area contributed by atoms with Crippen LogP contribution < -0.4 is 0 Å². The summed E-state index contributed by atoms with van der Waals surface area (Å²) in [4.78, 5) is 30.2. The summed E-state index contributed by atoms with van der Waals surface area (Å²) in [6, 6.07) is 0.611. The van der Waals surface area contributed by atoms with Crippen LogP contribution >= 0.6 is 0 Å². The lowest BCUT2D eigenvalue weighted by Crippen LogP contribution is -2.73. The molecule has 0 N–H and O–H groups in total. The topological polar surface area (TPSA) is 43.9 Å². The van der Waals surface area contributed by atoms with Crippen LogP contribution in [0.4, 0.5) is 0 Å². The molecule has 24 heavy (non-hydrogen) atoms. The number of carbonyl (C=O) groups is 2. The summed E-state index contributed by atoms with van der Waals surface area (Å²) in [6.07, 6.45) is 2.63. The third-order valence-corrected chi connectivity index (χ3v) is 5.16. The van der Waals surface area contributed by atoms with Crippen LogP contribution in [0.25, 0.3) is 0 Å². The van der Waals surface area contributed by atoms with Crippen LogP contribution in [-0.2, 0) is 9.59 Å². The molecule has 2 amide bonds. The number of rotatable bonds is 7. The van der Waals surface area contributed by atoms with E-state index in [0.29, 0.717) is 30.8 Å². The minimum absolute atomic E-state index is 0.108. The van der Waals surface area contributed by atoms with Gasteiger partial charge < -0.3 is 9.80 Å². The molecular formula is C19H31N3O2. The van der Waals surface area contributed by atoms with Crippen LogP contribution in [0.1, 0.15) is 46.5 Å². The highest BCUT2D eigenvalue weighted by Crippen LogP contribution is 2.40. The van der Waals surface area contributed by atoms with Crippen molar-refractivity contribution in [2.24, 2.45) is 5.41 Å². The third-order valence-electron chi connectivity index (χ3n) is 5.16. The Morgan fingerprint density at radius 1 is 1.12 bits per heavy atom. The molecule has 2 fully saturated rings. The summed E-state index contributed by atoms with van der Waals surface area (Å²) in [5, 5.41) is 0. The maximum atomic E-state index is 12.2. The smallest absolute Gasteiger partial charge is 0.223 e. The van der Waals surface area contributed by atoms with Crippen LogP contribution in [0.5, 0.6) is 0 Å². The van der Waals surface area contributed by atoms with Gasteiger partial charge >= 0.3 is 0 Å². The van der Waals surface area contributed by atoms with Gasteiger partial charge in [-0.05, 0) is 33.6 Å². The van der Waals surface area contributed by atoms with Gasteiger partial charge in [0, 0.05) is 57.5 Å². The van der Waals surface area contributed by atoms with Crippen molar-refractivity contribution in [2.75, 3.05) is 39.8 Å². The summed E-state index contributed by atoms with van der Waals surface area (Å²) in [6.45, 7) is 10.8. The average Bonchev–Trinajstić information content (AvgIpc) is 2.45. The lowest BCUT2D eigenvalue weighted by Gasteiger charge is -2.61. The molecule has 5 nitrogen and oxygen atoms in total. The number of likely N-dealkylation sites (tertiary alicyclic amines) is 2. The molecule has 2 heterocycles. The minimum Gasteiger partial charge on any atom is -0.341 e. The number of nitrogens with zero attached hydrogens (tertiary/aromatic N) is 3. The molecule has 0 atom stereocenters. The molecule has 0 aromatic rings. The summed E-state index contributed by atoms with van der Waals surface area (Å²) < 4.78 is 0. The van der Waals surface area contributed by atoms with Gasteiger partial charge in [0.25, 0.3) is 0 Å². The Bertz CT molecular complexity index is 518. The first-order valence-electron chi connectivity index (χ1n) is 9.02. The van der Waals surface area contributed by atoms with Crippen LogP contribution in [0.15, 0.2) is 0 Å². The van der Waals surface area contributed by atoms with Crippen LogP contribution in [0.3, 0.4) is 0 Å². The molecule has 134 valence electrons. The van der Waals surface area contributed by atoms with Crippen molar-refractivity contribution in [3.8, 4) is 11.8 Å². The summed E-state index contributed by atoms with van der Waals surface area (Å²) in [5.41, 5.74) is 0.388. The van der Waals surface area contributed by atoms with Crippen molar-refractivity contribution < 1.29 is 9.59 Å². The second kappa shape index (κ2) is 8.02. The van der Waals surface area contributed by atoms with E-state index in [2.05, 4.69) is 30.6 Å². The van der Waals surface area contributed by atoms with E-state index in [1.54, 1.807) is 18.9 Å². The third kappa shape index (κ3) is 4.51. The van der Waals surface area contributed by atoms with Crippen LogP contribution in [-0.4, -0.2) is 72.3 Å². The van der Waals surface area contributed by atoms with Gasteiger partial charge in [0.2, 0.25) is 11.8 Å². The highest BCUT2D eigenvalue weighted by molar-refractivity contribution is 5.78.